The Bertz CT molecular complexity index is 1100. The van der Waals surface area contributed by atoms with Gasteiger partial charge in [0.2, 0.25) is 0 Å². The Hall–Kier alpha value is -3.12. The highest BCUT2D eigenvalue weighted by atomic mass is 16.5. The third-order valence-corrected chi connectivity index (χ3v) is 4.97. The highest BCUT2D eigenvalue weighted by Gasteiger charge is 2.21. The minimum Gasteiger partial charge on any atom is -0.496 e. The zero-order valence-electron chi connectivity index (χ0n) is 17.4. The number of carbonyl (C=O) groups excluding carboxylic acids is 1. The zero-order valence-corrected chi connectivity index (χ0v) is 17.4. The second-order valence-corrected chi connectivity index (χ2v) is 7.36. The molecule has 3 aromatic rings. The van der Waals surface area contributed by atoms with E-state index in [-0.39, 0.29) is 17.2 Å². The molecule has 0 saturated heterocycles. The van der Waals surface area contributed by atoms with Crippen molar-refractivity contribution in [2.75, 3.05) is 27.7 Å². The van der Waals surface area contributed by atoms with Crippen molar-refractivity contribution in [3.63, 3.8) is 0 Å². The van der Waals surface area contributed by atoms with Crippen LogP contribution in [0.1, 0.15) is 33.3 Å². The van der Waals surface area contributed by atoms with Gasteiger partial charge in [0.05, 0.1) is 18.5 Å². The second-order valence-electron chi connectivity index (χ2n) is 7.36. The Kier molecular flexibility index (Phi) is 6.03. The molecule has 1 aromatic heterocycles. The fourth-order valence-corrected chi connectivity index (χ4v) is 3.56. The molecular formula is C23H26N2O4. The molecule has 0 aliphatic heterocycles. The number of aryl methyl sites for hydroxylation is 2. The van der Waals surface area contributed by atoms with Crippen molar-refractivity contribution in [3.8, 4) is 5.75 Å². The van der Waals surface area contributed by atoms with Gasteiger partial charge in [-0.05, 0) is 51.2 Å². The predicted molar refractivity (Wildman–Crippen MR) is 114 cm³/mol. The highest BCUT2D eigenvalue weighted by Crippen LogP contribution is 2.27. The molecule has 6 nitrogen and oxygen atoms in total. The molecule has 0 aliphatic carbocycles. The first kappa shape index (κ1) is 20.6. The summed E-state index contributed by atoms with van der Waals surface area (Å²) in [6.45, 7) is 4.12. The summed E-state index contributed by atoms with van der Waals surface area (Å²) in [4.78, 5) is 27.3. The molecular weight excluding hydrogens is 368 g/mol. The van der Waals surface area contributed by atoms with Gasteiger partial charge in [-0.2, -0.15) is 0 Å². The van der Waals surface area contributed by atoms with E-state index >= 15 is 0 Å². The molecule has 152 valence electrons. The standard InChI is InChI=1S/C23H26N2O4/c1-14-10-15(2)22-18(26)12-21(29-20(22)11-14)23(27)24-13-17(25(3)4)16-8-6-7-9-19(16)28-5/h6-12,17H,13H2,1-5H3,(H,24,27)/t17-/m1/s1. The molecule has 1 amide bonds. The Morgan fingerprint density at radius 1 is 1.17 bits per heavy atom. The quantitative estimate of drug-likeness (QED) is 0.693. The van der Waals surface area contributed by atoms with Crippen molar-refractivity contribution in [3.05, 3.63) is 75.1 Å². The lowest BCUT2D eigenvalue weighted by atomic mass is 10.0. The normalized spacial score (nSPS) is 12.2. The summed E-state index contributed by atoms with van der Waals surface area (Å²) < 4.78 is 11.2. The van der Waals surface area contributed by atoms with Crippen LogP contribution in [0.3, 0.4) is 0 Å². The van der Waals surface area contributed by atoms with Crippen LogP contribution in [-0.4, -0.2) is 38.6 Å². The topological polar surface area (TPSA) is 71.8 Å². The van der Waals surface area contributed by atoms with Crippen molar-refractivity contribution >= 4 is 16.9 Å². The molecule has 1 N–H and O–H groups in total. The minimum atomic E-state index is -0.426. The van der Waals surface area contributed by atoms with Crippen LogP contribution >= 0.6 is 0 Å². The number of ether oxygens (including phenoxy) is 1. The van der Waals surface area contributed by atoms with E-state index in [1.54, 1.807) is 13.2 Å². The molecule has 0 bridgehead atoms. The van der Waals surface area contributed by atoms with Gasteiger partial charge < -0.3 is 19.4 Å². The van der Waals surface area contributed by atoms with E-state index < -0.39 is 5.91 Å². The van der Waals surface area contributed by atoms with E-state index in [4.69, 9.17) is 9.15 Å². The van der Waals surface area contributed by atoms with Crippen LogP contribution in [0, 0.1) is 13.8 Å². The summed E-state index contributed by atoms with van der Waals surface area (Å²) in [6, 6.07) is 12.6. The van der Waals surface area contributed by atoms with Gasteiger partial charge in [-0.3, -0.25) is 9.59 Å². The fraction of sp³-hybridized carbons (Fsp3) is 0.304. The largest absolute Gasteiger partial charge is 0.496 e. The number of fused-ring (bicyclic) bond motifs is 1. The predicted octanol–water partition coefficient (Wildman–Crippen LogP) is 3.45. The van der Waals surface area contributed by atoms with Crippen LogP contribution in [0.25, 0.3) is 11.0 Å². The highest BCUT2D eigenvalue weighted by molar-refractivity contribution is 5.93. The average molecular weight is 394 g/mol. The van der Waals surface area contributed by atoms with Gasteiger partial charge in [0, 0.05) is 18.2 Å². The number of para-hydroxylation sites is 1. The SMILES string of the molecule is COc1ccccc1[C@@H](CNC(=O)c1cc(=O)c2c(C)cc(C)cc2o1)N(C)C. The van der Waals surface area contributed by atoms with E-state index in [0.717, 1.165) is 22.4 Å². The molecule has 0 radical (unpaired) electrons. The number of likely N-dealkylation sites (N-methyl/N-ethyl adjacent to an activating group) is 1. The molecule has 0 aliphatic rings. The van der Waals surface area contributed by atoms with Gasteiger partial charge in [0.25, 0.3) is 5.91 Å². The lowest BCUT2D eigenvalue weighted by Crippen LogP contribution is -2.35. The number of carbonyl (C=O) groups is 1. The maximum Gasteiger partial charge on any atom is 0.287 e. The van der Waals surface area contributed by atoms with Crippen molar-refractivity contribution in [2.24, 2.45) is 0 Å². The van der Waals surface area contributed by atoms with Crippen LogP contribution in [0.2, 0.25) is 0 Å². The first-order valence-corrected chi connectivity index (χ1v) is 9.44. The third-order valence-electron chi connectivity index (χ3n) is 4.97. The second kappa shape index (κ2) is 8.49. The lowest BCUT2D eigenvalue weighted by Gasteiger charge is -2.26. The van der Waals surface area contributed by atoms with Gasteiger partial charge in [-0.15, -0.1) is 0 Å². The van der Waals surface area contributed by atoms with E-state index in [2.05, 4.69) is 5.32 Å². The monoisotopic (exact) mass is 394 g/mol. The molecule has 0 unspecified atom stereocenters. The Morgan fingerprint density at radius 2 is 1.90 bits per heavy atom. The van der Waals surface area contributed by atoms with Gasteiger partial charge in [0.1, 0.15) is 11.3 Å². The summed E-state index contributed by atoms with van der Waals surface area (Å²) >= 11 is 0. The summed E-state index contributed by atoms with van der Waals surface area (Å²) in [5, 5.41) is 3.39. The third kappa shape index (κ3) is 4.32. The summed E-state index contributed by atoms with van der Waals surface area (Å²) in [7, 11) is 5.49. The number of amides is 1. The fourth-order valence-electron chi connectivity index (χ4n) is 3.56. The summed E-state index contributed by atoms with van der Waals surface area (Å²) in [5.41, 5.74) is 2.98. The van der Waals surface area contributed by atoms with Gasteiger partial charge in [0.15, 0.2) is 11.2 Å². The van der Waals surface area contributed by atoms with Crippen LogP contribution < -0.4 is 15.5 Å². The molecule has 2 aromatic carbocycles. The molecule has 0 fully saturated rings. The number of rotatable bonds is 6. The van der Waals surface area contributed by atoms with Crippen LogP contribution in [-0.2, 0) is 0 Å². The van der Waals surface area contributed by atoms with Crippen molar-refractivity contribution in [1.29, 1.82) is 0 Å². The molecule has 1 atom stereocenters. The molecule has 6 heteroatoms. The number of methoxy groups -OCH3 is 1. The maximum absolute atomic E-state index is 12.7. The molecule has 3 rings (SSSR count). The van der Waals surface area contributed by atoms with Crippen LogP contribution in [0.15, 0.2) is 51.7 Å². The summed E-state index contributed by atoms with van der Waals surface area (Å²) in [5.74, 6) is 0.332. The van der Waals surface area contributed by atoms with Crippen LogP contribution in [0.4, 0.5) is 0 Å². The van der Waals surface area contributed by atoms with Crippen molar-refractivity contribution < 1.29 is 13.9 Å². The Labute approximate surface area is 170 Å². The van der Waals surface area contributed by atoms with Crippen molar-refractivity contribution in [2.45, 2.75) is 19.9 Å². The summed E-state index contributed by atoms with van der Waals surface area (Å²) in [6.07, 6.45) is 0. The smallest absolute Gasteiger partial charge is 0.287 e. The first-order chi connectivity index (χ1) is 13.8. The van der Waals surface area contributed by atoms with Gasteiger partial charge >= 0.3 is 0 Å². The minimum absolute atomic E-state index is 0.00466. The Morgan fingerprint density at radius 3 is 2.59 bits per heavy atom. The first-order valence-electron chi connectivity index (χ1n) is 9.44. The zero-order chi connectivity index (χ0) is 21.1. The number of hydrogen-bond acceptors (Lipinski definition) is 5. The van der Waals surface area contributed by atoms with E-state index in [0.29, 0.717) is 17.5 Å². The molecule has 1 heterocycles. The number of hydrogen-bond donors (Lipinski definition) is 1. The molecule has 0 spiro atoms. The molecule has 0 saturated carbocycles. The number of nitrogens with zero attached hydrogens (tertiary/aromatic N) is 1. The maximum atomic E-state index is 12.7. The van der Waals surface area contributed by atoms with Crippen molar-refractivity contribution in [1.82, 2.24) is 10.2 Å². The van der Waals surface area contributed by atoms with Gasteiger partial charge in [-0.25, -0.2) is 0 Å². The van der Waals surface area contributed by atoms with Gasteiger partial charge in [-0.1, -0.05) is 24.3 Å². The average Bonchev–Trinajstić information content (AvgIpc) is 2.67. The van der Waals surface area contributed by atoms with Crippen LogP contribution in [0.5, 0.6) is 5.75 Å². The Balaban J connectivity index is 1.87. The van der Waals surface area contributed by atoms with E-state index in [1.165, 1.54) is 6.07 Å². The lowest BCUT2D eigenvalue weighted by molar-refractivity contribution is 0.0914. The van der Waals surface area contributed by atoms with E-state index in [9.17, 15) is 9.59 Å². The molecule has 29 heavy (non-hydrogen) atoms. The number of nitrogens with one attached hydrogen (secondary N) is 1. The number of benzene rings is 2. The van der Waals surface area contributed by atoms with E-state index in [1.807, 2.05) is 63.2 Å².